The highest BCUT2D eigenvalue weighted by atomic mass is 35.5. The molecule has 0 radical (unpaired) electrons. The molecule has 140 valence electrons. The van der Waals surface area contributed by atoms with E-state index in [0.717, 1.165) is 16.9 Å². The zero-order valence-electron chi connectivity index (χ0n) is 14.4. The number of nitrogens with two attached hydrogens (primary N) is 1. The Bertz CT molecular complexity index is 957. The predicted molar refractivity (Wildman–Crippen MR) is 104 cm³/mol. The van der Waals surface area contributed by atoms with Crippen LogP contribution in [0.2, 0.25) is 10.0 Å². The van der Waals surface area contributed by atoms with Crippen LogP contribution >= 0.6 is 23.2 Å². The van der Waals surface area contributed by atoms with E-state index in [4.69, 9.17) is 33.7 Å². The summed E-state index contributed by atoms with van der Waals surface area (Å²) in [6, 6.07) is 12.5. The van der Waals surface area contributed by atoms with Gasteiger partial charge in [-0.2, -0.15) is 0 Å². The summed E-state index contributed by atoms with van der Waals surface area (Å²) in [5.74, 6) is 0.510. The van der Waals surface area contributed by atoms with Crippen molar-refractivity contribution < 1.29 is 9.53 Å². The quantitative estimate of drug-likeness (QED) is 0.656. The largest absolute Gasteiger partial charge is 0.497 e. The lowest BCUT2D eigenvalue weighted by Crippen LogP contribution is -2.24. The van der Waals surface area contributed by atoms with Crippen molar-refractivity contribution in [3.8, 4) is 5.75 Å². The minimum Gasteiger partial charge on any atom is -0.497 e. The number of benzene rings is 2. The molecule has 0 atom stereocenters. The zero-order valence-corrected chi connectivity index (χ0v) is 16.0. The molecule has 0 spiro atoms. The summed E-state index contributed by atoms with van der Waals surface area (Å²) in [4.78, 5) is 12.4. The van der Waals surface area contributed by atoms with Crippen LogP contribution in [-0.2, 0) is 13.1 Å². The van der Waals surface area contributed by atoms with Gasteiger partial charge in [0.2, 0.25) is 0 Å². The Labute approximate surface area is 166 Å². The average Bonchev–Trinajstić information content (AvgIpc) is 3.02. The van der Waals surface area contributed by atoms with Gasteiger partial charge in [0.05, 0.1) is 13.7 Å². The molecule has 0 fully saturated rings. The van der Waals surface area contributed by atoms with Gasteiger partial charge in [-0.3, -0.25) is 4.79 Å². The molecule has 9 heteroatoms. The molecule has 3 aromatic rings. The van der Waals surface area contributed by atoms with Crippen LogP contribution in [0.4, 0.5) is 5.82 Å². The van der Waals surface area contributed by atoms with Gasteiger partial charge in [0.25, 0.3) is 5.91 Å². The highest BCUT2D eigenvalue weighted by Crippen LogP contribution is 2.21. The molecule has 0 saturated carbocycles. The minimum absolute atomic E-state index is 0.0635. The number of nitrogens with one attached hydrogen (secondary N) is 1. The Morgan fingerprint density at radius 3 is 2.63 bits per heavy atom. The number of hydrogen-bond acceptors (Lipinski definition) is 5. The lowest BCUT2D eigenvalue weighted by atomic mass is 10.2. The number of halogens is 2. The van der Waals surface area contributed by atoms with E-state index in [1.807, 2.05) is 24.3 Å². The van der Waals surface area contributed by atoms with Crippen molar-refractivity contribution in [3.05, 3.63) is 69.3 Å². The number of ether oxygens (including phenoxy) is 1. The summed E-state index contributed by atoms with van der Waals surface area (Å²) >= 11 is 12.0. The first-order chi connectivity index (χ1) is 13.0. The maximum Gasteiger partial charge on any atom is 0.275 e. The number of methoxy groups -OCH3 is 1. The van der Waals surface area contributed by atoms with E-state index in [-0.39, 0.29) is 18.1 Å². The average molecular weight is 406 g/mol. The topological polar surface area (TPSA) is 95.1 Å². The number of amides is 1. The van der Waals surface area contributed by atoms with Gasteiger partial charge < -0.3 is 15.8 Å². The summed E-state index contributed by atoms with van der Waals surface area (Å²) in [6.07, 6.45) is 0. The fourth-order valence-corrected chi connectivity index (χ4v) is 2.90. The third kappa shape index (κ3) is 4.50. The van der Waals surface area contributed by atoms with E-state index < -0.39 is 5.91 Å². The summed E-state index contributed by atoms with van der Waals surface area (Å²) in [5.41, 5.74) is 7.79. The number of rotatable bonds is 6. The molecule has 3 N–H and O–H groups in total. The van der Waals surface area contributed by atoms with Crippen molar-refractivity contribution in [2.45, 2.75) is 13.1 Å². The maximum absolute atomic E-state index is 12.4. The number of nitrogen functional groups attached to an aromatic ring is 1. The van der Waals surface area contributed by atoms with E-state index >= 15 is 0 Å². The van der Waals surface area contributed by atoms with Crippen LogP contribution in [0.3, 0.4) is 0 Å². The lowest BCUT2D eigenvalue weighted by Gasteiger charge is -2.07. The van der Waals surface area contributed by atoms with Crippen LogP contribution < -0.4 is 15.8 Å². The van der Waals surface area contributed by atoms with Gasteiger partial charge in [0.1, 0.15) is 5.75 Å². The van der Waals surface area contributed by atoms with E-state index in [0.29, 0.717) is 16.6 Å². The molecule has 7 nitrogen and oxygen atoms in total. The van der Waals surface area contributed by atoms with Gasteiger partial charge >= 0.3 is 0 Å². The first-order valence-corrected chi connectivity index (χ1v) is 8.77. The van der Waals surface area contributed by atoms with Gasteiger partial charge in [-0.15, -0.1) is 5.10 Å². The van der Waals surface area contributed by atoms with Gasteiger partial charge in [0.15, 0.2) is 11.5 Å². The summed E-state index contributed by atoms with van der Waals surface area (Å²) in [7, 11) is 1.60. The maximum atomic E-state index is 12.4. The highest BCUT2D eigenvalue weighted by molar-refractivity contribution is 6.35. The molecule has 27 heavy (non-hydrogen) atoms. The van der Waals surface area contributed by atoms with Gasteiger partial charge in [-0.25, -0.2) is 4.68 Å². The number of nitrogens with zero attached hydrogens (tertiary/aromatic N) is 3. The van der Waals surface area contributed by atoms with Crippen LogP contribution in [0.15, 0.2) is 42.5 Å². The summed E-state index contributed by atoms with van der Waals surface area (Å²) in [5, 5.41) is 11.6. The molecule has 0 aliphatic carbocycles. The standard InChI is InChI=1S/C18H17Cl2N5O2/c1-27-14-6-2-11(3-7-14)10-25-17(21)16(23-24-25)18(26)22-9-12-4-5-13(19)8-15(12)20/h2-8H,9-10,21H2,1H3,(H,22,26). The number of hydrogen-bond donors (Lipinski definition) is 2. The smallest absolute Gasteiger partial charge is 0.275 e. The third-order valence-corrected chi connectivity index (χ3v) is 4.52. The van der Waals surface area contributed by atoms with Crippen molar-refractivity contribution in [1.82, 2.24) is 20.3 Å². The number of carbonyl (C=O) groups excluding carboxylic acids is 1. The van der Waals surface area contributed by atoms with Crippen molar-refractivity contribution in [2.24, 2.45) is 0 Å². The predicted octanol–water partition coefficient (Wildman–Crippen LogP) is 3.15. The second-order valence-electron chi connectivity index (χ2n) is 5.75. The first kappa shape index (κ1) is 19.0. The lowest BCUT2D eigenvalue weighted by molar-refractivity contribution is 0.0947. The van der Waals surface area contributed by atoms with E-state index in [1.165, 1.54) is 4.68 Å². The van der Waals surface area contributed by atoms with Crippen LogP contribution in [0.25, 0.3) is 0 Å². The summed E-state index contributed by atoms with van der Waals surface area (Å²) in [6.45, 7) is 0.610. The normalized spacial score (nSPS) is 10.6. The highest BCUT2D eigenvalue weighted by Gasteiger charge is 2.17. The molecular formula is C18H17Cl2N5O2. The molecule has 0 saturated heterocycles. The molecule has 0 unspecified atom stereocenters. The van der Waals surface area contributed by atoms with E-state index in [9.17, 15) is 4.79 Å². The SMILES string of the molecule is COc1ccc(Cn2nnc(C(=O)NCc3ccc(Cl)cc3Cl)c2N)cc1. The number of carbonyl (C=O) groups is 1. The van der Waals surface area contributed by atoms with Crippen molar-refractivity contribution in [3.63, 3.8) is 0 Å². The van der Waals surface area contributed by atoms with Crippen molar-refractivity contribution >= 4 is 34.9 Å². The van der Waals surface area contributed by atoms with Crippen LogP contribution in [0.1, 0.15) is 21.6 Å². The Hall–Kier alpha value is -2.77. The van der Waals surface area contributed by atoms with Gasteiger partial charge in [-0.05, 0) is 35.4 Å². The fraction of sp³-hybridized carbons (Fsp3) is 0.167. The molecular weight excluding hydrogens is 389 g/mol. The first-order valence-electron chi connectivity index (χ1n) is 8.02. The Balaban J connectivity index is 1.67. The van der Waals surface area contributed by atoms with E-state index in [2.05, 4.69) is 15.6 Å². The molecule has 2 aromatic carbocycles. The minimum atomic E-state index is -0.431. The fourth-order valence-electron chi connectivity index (χ4n) is 2.43. The molecule has 0 aliphatic rings. The van der Waals surface area contributed by atoms with Crippen LogP contribution in [0.5, 0.6) is 5.75 Å². The Morgan fingerprint density at radius 2 is 1.96 bits per heavy atom. The molecule has 1 heterocycles. The number of aromatic nitrogens is 3. The Morgan fingerprint density at radius 1 is 1.22 bits per heavy atom. The van der Waals surface area contributed by atoms with Crippen LogP contribution in [0, 0.1) is 0 Å². The monoisotopic (exact) mass is 405 g/mol. The molecule has 0 bridgehead atoms. The van der Waals surface area contributed by atoms with Crippen molar-refractivity contribution in [2.75, 3.05) is 12.8 Å². The van der Waals surface area contributed by atoms with Crippen LogP contribution in [-0.4, -0.2) is 28.0 Å². The second kappa shape index (κ2) is 8.28. The van der Waals surface area contributed by atoms with Gasteiger partial charge in [0, 0.05) is 16.6 Å². The van der Waals surface area contributed by atoms with Gasteiger partial charge in [-0.1, -0.05) is 46.6 Å². The second-order valence-corrected chi connectivity index (χ2v) is 6.59. The summed E-state index contributed by atoms with van der Waals surface area (Å²) < 4.78 is 6.59. The molecule has 1 aromatic heterocycles. The Kier molecular flexibility index (Phi) is 5.83. The molecule has 0 aliphatic heterocycles. The van der Waals surface area contributed by atoms with Crippen molar-refractivity contribution in [1.29, 1.82) is 0 Å². The number of anilines is 1. The zero-order chi connectivity index (χ0) is 19.4. The molecule has 3 rings (SSSR count). The molecule has 1 amide bonds. The third-order valence-electron chi connectivity index (χ3n) is 3.93. The van der Waals surface area contributed by atoms with E-state index in [1.54, 1.807) is 25.3 Å².